The molecule has 0 fully saturated rings. The van der Waals surface area contributed by atoms with E-state index >= 15 is 0 Å². The third-order valence-electron chi connectivity index (χ3n) is 3.46. The van der Waals surface area contributed by atoms with Crippen LogP contribution in [-0.4, -0.2) is 27.4 Å². The van der Waals surface area contributed by atoms with Crippen molar-refractivity contribution in [2.45, 2.75) is 12.6 Å². The lowest BCUT2D eigenvalue weighted by Gasteiger charge is -2.14. The van der Waals surface area contributed by atoms with Crippen LogP contribution >= 0.6 is 0 Å². The smallest absolute Gasteiger partial charge is 0.261 e. The number of aromatic nitrogens is 2. The minimum Gasteiger partial charge on any atom is -0.488 e. The van der Waals surface area contributed by atoms with Crippen molar-refractivity contribution >= 4 is 10.9 Å². The zero-order valence-corrected chi connectivity index (χ0v) is 12.5. The molecule has 0 saturated heterocycles. The van der Waals surface area contributed by atoms with Crippen LogP contribution in [0.1, 0.15) is 0 Å². The Balaban J connectivity index is 1.72. The Morgan fingerprint density at radius 1 is 1.21 bits per heavy atom. The van der Waals surface area contributed by atoms with Gasteiger partial charge in [0.15, 0.2) is 11.6 Å². The molecule has 0 aliphatic heterocycles. The number of aliphatic hydroxyl groups excluding tert-OH is 1. The summed E-state index contributed by atoms with van der Waals surface area (Å²) in [6.07, 6.45) is 0.193. The van der Waals surface area contributed by atoms with Crippen LogP contribution in [0, 0.1) is 11.6 Å². The summed E-state index contributed by atoms with van der Waals surface area (Å²) in [5, 5.41) is 10.3. The molecule has 3 aromatic rings. The van der Waals surface area contributed by atoms with Crippen molar-refractivity contribution in [1.29, 1.82) is 0 Å². The lowest BCUT2D eigenvalue weighted by molar-refractivity contribution is 0.0895. The first kappa shape index (κ1) is 16.1. The van der Waals surface area contributed by atoms with Crippen molar-refractivity contribution in [3.05, 3.63) is 70.8 Å². The van der Waals surface area contributed by atoms with Gasteiger partial charge in [0, 0.05) is 6.07 Å². The van der Waals surface area contributed by atoms with Crippen LogP contribution < -0.4 is 10.3 Å². The van der Waals surface area contributed by atoms with Gasteiger partial charge in [-0.15, -0.1) is 0 Å². The van der Waals surface area contributed by atoms with E-state index in [1.807, 2.05) is 0 Å². The lowest BCUT2D eigenvalue weighted by Crippen LogP contribution is -2.30. The van der Waals surface area contributed by atoms with Gasteiger partial charge in [-0.25, -0.2) is 13.8 Å². The predicted octanol–water partition coefficient (Wildman–Crippen LogP) is 2.11. The monoisotopic (exact) mass is 332 g/mol. The first-order valence-corrected chi connectivity index (χ1v) is 7.24. The quantitative estimate of drug-likeness (QED) is 0.777. The molecule has 0 aliphatic carbocycles. The summed E-state index contributed by atoms with van der Waals surface area (Å²) >= 11 is 0. The molecule has 0 radical (unpaired) electrons. The molecule has 0 unspecified atom stereocenters. The maximum Gasteiger partial charge on any atom is 0.261 e. The molecule has 2 aromatic carbocycles. The molecule has 1 heterocycles. The standard InChI is InChI=1S/C17H14F2N2O3/c18-11-5-6-13-15(7-11)20-10-21(17(13)23)8-12(22)9-24-16-4-2-1-3-14(16)19/h1-7,10,12,22H,8-9H2/t12-/m1/s1. The van der Waals surface area contributed by atoms with Crippen LogP contribution in [0.5, 0.6) is 5.75 Å². The molecule has 1 N–H and O–H groups in total. The van der Waals surface area contributed by atoms with E-state index in [2.05, 4.69) is 4.98 Å². The van der Waals surface area contributed by atoms with E-state index in [9.17, 15) is 18.7 Å². The van der Waals surface area contributed by atoms with Gasteiger partial charge < -0.3 is 9.84 Å². The molecule has 0 aliphatic rings. The first-order chi connectivity index (χ1) is 11.5. The Labute approximate surface area is 135 Å². The second kappa shape index (κ2) is 6.76. The van der Waals surface area contributed by atoms with Crippen LogP contribution in [0.3, 0.4) is 0 Å². The average molecular weight is 332 g/mol. The molecule has 7 heteroatoms. The molecule has 5 nitrogen and oxygen atoms in total. The Morgan fingerprint density at radius 3 is 2.79 bits per heavy atom. The van der Waals surface area contributed by atoms with Crippen molar-refractivity contribution < 1.29 is 18.6 Å². The Kier molecular flexibility index (Phi) is 4.52. The number of aliphatic hydroxyl groups is 1. The number of hydrogen-bond acceptors (Lipinski definition) is 4. The van der Waals surface area contributed by atoms with E-state index in [0.29, 0.717) is 0 Å². The first-order valence-electron chi connectivity index (χ1n) is 7.24. The van der Waals surface area contributed by atoms with Gasteiger partial charge in [-0.3, -0.25) is 9.36 Å². The zero-order valence-electron chi connectivity index (χ0n) is 12.5. The zero-order chi connectivity index (χ0) is 17.1. The number of para-hydroxylation sites is 1. The van der Waals surface area contributed by atoms with Crippen molar-refractivity contribution in [1.82, 2.24) is 9.55 Å². The van der Waals surface area contributed by atoms with E-state index in [0.717, 1.165) is 0 Å². The molecular weight excluding hydrogens is 318 g/mol. The summed E-state index contributed by atoms with van der Waals surface area (Å²) in [7, 11) is 0. The number of halogens is 2. The van der Waals surface area contributed by atoms with Gasteiger partial charge >= 0.3 is 0 Å². The van der Waals surface area contributed by atoms with E-state index in [-0.39, 0.29) is 29.8 Å². The molecule has 0 amide bonds. The third-order valence-corrected chi connectivity index (χ3v) is 3.46. The Morgan fingerprint density at radius 2 is 2.00 bits per heavy atom. The highest BCUT2D eigenvalue weighted by atomic mass is 19.1. The maximum absolute atomic E-state index is 13.4. The second-order valence-electron chi connectivity index (χ2n) is 5.26. The molecule has 3 rings (SSSR count). The number of fused-ring (bicyclic) bond motifs is 1. The van der Waals surface area contributed by atoms with E-state index in [1.54, 1.807) is 6.07 Å². The highest BCUT2D eigenvalue weighted by Gasteiger charge is 2.11. The number of nitrogens with zero attached hydrogens (tertiary/aromatic N) is 2. The van der Waals surface area contributed by atoms with Gasteiger partial charge in [0.2, 0.25) is 0 Å². The summed E-state index contributed by atoms with van der Waals surface area (Å²) in [6, 6.07) is 9.52. The minimum atomic E-state index is -1.04. The Bertz CT molecular complexity index is 927. The highest BCUT2D eigenvalue weighted by Crippen LogP contribution is 2.15. The molecular formula is C17H14F2N2O3. The number of hydrogen-bond donors (Lipinski definition) is 1. The number of benzene rings is 2. The fraction of sp³-hybridized carbons (Fsp3) is 0.176. The normalized spacial score (nSPS) is 12.3. The average Bonchev–Trinajstić information content (AvgIpc) is 2.56. The largest absolute Gasteiger partial charge is 0.488 e. The topological polar surface area (TPSA) is 64.4 Å². The van der Waals surface area contributed by atoms with Crippen LogP contribution in [0.4, 0.5) is 8.78 Å². The van der Waals surface area contributed by atoms with Crippen molar-refractivity contribution in [3.8, 4) is 5.75 Å². The van der Waals surface area contributed by atoms with Gasteiger partial charge in [0.05, 0.1) is 23.8 Å². The van der Waals surface area contributed by atoms with Gasteiger partial charge in [-0.1, -0.05) is 12.1 Å². The maximum atomic E-state index is 13.4. The van der Waals surface area contributed by atoms with E-state index in [1.165, 1.54) is 47.3 Å². The van der Waals surface area contributed by atoms with Crippen molar-refractivity contribution in [3.63, 3.8) is 0 Å². The summed E-state index contributed by atoms with van der Waals surface area (Å²) < 4.78 is 33.0. The number of rotatable bonds is 5. The fourth-order valence-electron chi connectivity index (χ4n) is 2.29. The molecule has 0 spiro atoms. The van der Waals surface area contributed by atoms with Gasteiger partial charge in [0.1, 0.15) is 18.5 Å². The molecule has 0 saturated carbocycles. The van der Waals surface area contributed by atoms with Gasteiger partial charge in [-0.2, -0.15) is 0 Å². The SMILES string of the molecule is O=c1c2ccc(F)cc2ncn1C[C@@H](O)COc1ccccc1F. The van der Waals surface area contributed by atoms with Crippen LogP contribution in [0.2, 0.25) is 0 Å². The lowest BCUT2D eigenvalue weighted by atomic mass is 10.2. The van der Waals surface area contributed by atoms with Crippen LogP contribution in [0.15, 0.2) is 53.6 Å². The van der Waals surface area contributed by atoms with E-state index < -0.39 is 23.3 Å². The molecule has 1 atom stereocenters. The molecule has 0 bridgehead atoms. The summed E-state index contributed by atoms with van der Waals surface area (Å²) in [5.41, 5.74) is -0.154. The second-order valence-corrected chi connectivity index (χ2v) is 5.26. The molecule has 124 valence electrons. The minimum absolute atomic E-state index is 0.0241. The fourth-order valence-corrected chi connectivity index (χ4v) is 2.29. The molecule has 24 heavy (non-hydrogen) atoms. The summed E-state index contributed by atoms with van der Waals surface area (Å²) in [6.45, 7) is -0.261. The van der Waals surface area contributed by atoms with Gasteiger partial charge in [-0.05, 0) is 24.3 Å². The van der Waals surface area contributed by atoms with Crippen LogP contribution in [-0.2, 0) is 6.54 Å². The van der Waals surface area contributed by atoms with Crippen molar-refractivity contribution in [2.24, 2.45) is 0 Å². The van der Waals surface area contributed by atoms with Crippen molar-refractivity contribution in [2.75, 3.05) is 6.61 Å². The van der Waals surface area contributed by atoms with E-state index in [4.69, 9.17) is 4.74 Å². The number of ether oxygens (including phenoxy) is 1. The third kappa shape index (κ3) is 3.41. The van der Waals surface area contributed by atoms with Crippen LogP contribution in [0.25, 0.3) is 10.9 Å². The summed E-state index contributed by atoms with van der Waals surface area (Å²) in [5.74, 6) is -0.988. The Hall–Kier alpha value is -2.80. The van der Waals surface area contributed by atoms with Gasteiger partial charge in [0.25, 0.3) is 5.56 Å². The highest BCUT2D eigenvalue weighted by molar-refractivity contribution is 5.77. The summed E-state index contributed by atoms with van der Waals surface area (Å²) in [4.78, 5) is 16.3. The predicted molar refractivity (Wildman–Crippen MR) is 83.9 cm³/mol. The molecule has 1 aromatic heterocycles.